The number of hydrogen-bond donors (Lipinski definition) is 0. The highest BCUT2D eigenvalue weighted by molar-refractivity contribution is 4.88. The molecule has 0 aliphatic carbocycles. The highest BCUT2D eigenvalue weighted by Gasteiger charge is 1.77. The zero-order valence-electron chi connectivity index (χ0n) is 7.55. The fourth-order valence-corrected chi connectivity index (χ4v) is 0.868. The molecule has 0 rings (SSSR count). The van der Waals surface area contributed by atoms with E-state index in [1.54, 1.807) is 0 Å². The van der Waals surface area contributed by atoms with E-state index in [1.807, 2.05) is 6.08 Å². The van der Waals surface area contributed by atoms with Gasteiger partial charge in [-0.05, 0) is 26.2 Å². The highest BCUT2D eigenvalue weighted by atomic mass is 13.8. The van der Waals surface area contributed by atoms with Crippen molar-refractivity contribution in [1.82, 2.24) is 0 Å². The zero-order chi connectivity index (χ0) is 8.36. The molecule has 0 saturated heterocycles. The Kier molecular flexibility index (Phi) is 9.03. The van der Waals surface area contributed by atoms with Crippen LogP contribution in [0.15, 0.2) is 24.3 Å². The second-order valence-corrected chi connectivity index (χ2v) is 2.66. The summed E-state index contributed by atoms with van der Waals surface area (Å²) in [6.45, 7) is 5.85. The van der Waals surface area contributed by atoms with E-state index in [0.29, 0.717) is 0 Å². The second kappa shape index (κ2) is 9.48. The van der Waals surface area contributed by atoms with Gasteiger partial charge in [0.25, 0.3) is 0 Å². The fourth-order valence-electron chi connectivity index (χ4n) is 0.868. The van der Waals surface area contributed by atoms with Gasteiger partial charge in [0.2, 0.25) is 0 Å². The van der Waals surface area contributed by atoms with Gasteiger partial charge in [0.05, 0.1) is 0 Å². The van der Waals surface area contributed by atoms with E-state index in [2.05, 4.69) is 32.1 Å². The minimum absolute atomic E-state index is 1.13. The smallest absolute Gasteiger partial charge is 0.0316 e. The van der Waals surface area contributed by atoms with E-state index < -0.39 is 0 Å². The van der Waals surface area contributed by atoms with Crippen molar-refractivity contribution in [2.24, 2.45) is 0 Å². The van der Waals surface area contributed by atoms with Crippen molar-refractivity contribution in [3.63, 3.8) is 0 Å². The molecule has 0 unspecified atom stereocenters. The van der Waals surface area contributed by atoms with Gasteiger partial charge >= 0.3 is 0 Å². The van der Waals surface area contributed by atoms with Crippen LogP contribution in [0.2, 0.25) is 0 Å². The Hall–Kier alpha value is -0.520. The Morgan fingerprint density at radius 3 is 2.27 bits per heavy atom. The Bertz CT molecular complexity index is 109. The van der Waals surface area contributed by atoms with Crippen LogP contribution in [0.4, 0.5) is 0 Å². The molecule has 0 bridgehead atoms. The minimum Gasteiger partial charge on any atom is -0.0885 e. The third-order valence-corrected chi connectivity index (χ3v) is 1.56. The highest BCUT2D eigenvalue weighted by Crippen LogP contribution is 1.98. The maximum absolute atomic E-state index is 3.63. The van der Waals surface area contributed by atoms with Crippen LogP contribution in [0.3, 0.4) is 0 Å². The van der Waals surface area contributed by atoms with Crippen LogP contribution in [0.25, 0.3) is 0 Å². The number of hydrogen-bond acceptors (Lipinski definition) is 0. The van der Waals surface area contributed by atoms with E-state index >= 15 is 0 Å². The summed E-state index contributed by atoms with van der Waals surface area (Å²) in [6.07, 6.45) is 14.7. The Balaban J connectivity index is 3.03. The quantitative estimate of drug-likeness (QED) is 0.399. The monoisotopic (exact) mass is 151 g/mol. The Labute approximate surface area is 71.0 Å². The molecule has 63 valence electrons. The largest absolute Gasteiger partial charge is 0.0885 e. The second-order valence-electron chi connectivity index (χ2n) is 2.66. The molecular formula is C11H19. The molecule has 0 aliphatic rings. The first kappa shape index (κ1) is 10.5. The van der Waals surface area contributed by atoms with Crippen molar-refractivity contribution >= 4 is 0 Å². The third-order valence-electron chi connectivity index (χ3n) is 1.56. The van der Waals surface area contributed by atoms with Crippen LogP contribution in [-0.4, -0.2) is 0 Å². The molecule has 0 fully saturated rings. The molecule has 0 amide bonds. The van der Waals surface area contributed by atoms with Gasteiger partial charge in [0.15, 0.2) is 0 Å². The fraction of sp³-hybridized carbons (Fsp3) is 0.545. The number of allylic oxidation sites excluding steroid dienone is 4. The molecule has 11 heavy (non-hydrogen) atoms. The SMILES string of the molecule is [CH2]C=CCCC=CCCCC. The van der Waals surface area contributed by atoms with Gasteiger partial charge in [-0.3, -0.25) is 0 Å². The molecular weight excluding hydrogens is 132 g/mol. The van der Waals surface area contributed by atoms with E-state index in [9.17, 15) is 0 Å². The van der Waals surface area contributed by atoms with Gasteiger partial charge in [-0.1, -0.05) is 44.1 Å². The summed E-state index contributed by atoms with van der Waals surface area (Å²) >= 11 is 0. The van der Waals surface area contributed by atoms with Gasteiger partial charge in [-0.25, -0.2) is 0 Å². The average molecular weight is 151 g/mol. The number of unbranched alkanes of at least 4 members (excludes halogenated alkanes) is 3. The van der Waals surface area contributed by atoms with Gasteiger partial charge in [-0.15, -0.1) is 0 Å². The standard InChI is InChI=1S/C11H19/c1-3-5-7-9-11-10-8-6-4-2/h3,5,10-11H,1,4,6-9H2,2H3. The van der Waals surface area contributed by atoms with E-state index in [1.165, 1.54) is 19.3 Å². The summed E-state index contributed by atoms with van der Waals surface area (Å²) in [5.74, 6) is 0. The topological polar surface area (TPSA) is 0 Å². The van der Waals surface area contributed by atoms with E-state index in [0.717, 1.165) is 12.8 Å². The molecule has 0 aromatic carbocycles. The minimum atomic E-state index is 1.13. The summed E-state index contributed by atoms with van der Waals surface area (Å²) in [5.41, 5.74) is 0. The van der Waals surface area contributed by atoms with Crippen molar-refractivity contribution in [2.75, 3.05) is 0 Å². The molecule has 0 saturated carbocycles. The van der Waals surface area contributed by atoms with Crippen molar-refractivity contribution < 1.29 is 0 Å². The molecule has 0 aliphatic heterocycles. The Morgan fingerprint density at radius 1 is 1.00 bits per heavy atom. The summed E-state index contributed by atoms with van der Waals surface area (Å²) < 4.78 is 0. The van der Waals surface area contributed by atoms with Gasteiger partial charge < -0.3 is 0 Å². The molecule has 0 N–H and O–H groups in total. The van der Waals surface area contributed by atoms with E-state index in [-0.39, 0.29) is 0 Å². The maximum atomic E-state index is 3.63. The molecule has 0 nitrogen and oxygen atoms in total. The van der Waals surface area contributed by atoms with Crippen LogP contribution >= 0.6 is 0 Å². The van der Waals surface area contributed by atoms with Gasteiger partial charge in [0.1, 0.15) is 0 Å². The Morgan fingerprint density at radius 2 is 1.64 bits per heavy atom. The summed E-state index contributed by atoms with van der Waals surface area (Å²) in [4.78, 5) is 0. The molecule has 0 atom stereocenters. The molecule has 0 heteroatoms. The number of rotatable bonds is 6. The van der Waals surface area contributed by atoms with Crippen LogP contribution in [0.5, 0.6) is 0 Å². The first-order valence-electron chi connectivity index (χ1n) is 4.51. The zero-order valence-corrected chi connectivity index (χ0v) is 7.55. The predicted octanol–water partition coefficient (Wildman–Crippen LogP) is 3.90. The first-order chi connectivity index (χ1) is 5.41. The summed E-state index contributed by atoms with van der Waals surface area (Å²) in [6, 6.07) is 0. The molecule has 0 aromatic heterocycles. The van der Waals surface area contributed by atoms with Crippen LogP contribution in [0.1, 0.15) is 39.0 Å². The molecule has 0 aromatic rings. The third kappa shape index (κ3) is 9.48. The molecule has 1 radical (unpaired) electrons. The van der Waals surface area contributed by atoms with Crippen molar-refractivity contribution in [1.29, 1.82) is 0 Å². The molecule has 0 spiro atoms. The lowest BCUT2D eigenvalue weighted by Crippen LogP contribution is -1.68. The van der Waals surface area contributed by atoms with Crippen LogP contribution in [-0.2, 0) is 0 Å². The lowest BCUT2D eigenvalue weighted by molar-refractivity contribution is 0.811. The van der Waals surface area contributed by atoms with Crippen molar-refractivity contribution in [3.05, 3.63) is 31.2 Å². The van der Waals surface area contributed by atoms with E-state index in [4.69, 9.17) is 0 Å². The average Bonchev–Trinajstić information content (AvgIpc) is 2.03. The lowest BCUT2D eigenvalue weighted by atomic mass is 10.2. The van der Waals surface area contributed by atoms with Crippen molar-refractivity contribution in [3.8, 4) is 0 Å². The van der Waals surface area contributed by atoms with Gasteiger partial charge in [-0.2, -0.15) is 0 Å². The van der Waals surface area contributed by atoms with Crippen LogP contribution < -0.4 is 0 Å². The molecule has 0 heterocycles. The predicted molar refractivity (Wildman–Crippen MR) is 52.4 cm³/mol. The lowest BCUT2D eigenvalue weighted by Gasteiger charge is -1.88. The summed E-state index contributed by atoms with van der Waals surface area (Å²) in [5, 5.41) is 0. The normalized spacial score (nSPS) is 11.8. The first-order valence-corrected chi connectivity index (χ1v) is 4.51. The summed E-state index contributed by atoms with van der Waals surface area (Å²) in [7, 11) is 0. The maximum Gasteiger partial charge on any atom is -0.0316 e. The van der Waals surface area contributed by atoms with Crippen molar-refractivity contribution in [2.45, 2.75) is 39.0 Å². The van der Waals surface area contributed by atoms with Crippen LogP contribution in [0, 0.1) is 6.92 Å². The van der Waals surface area contributed by atoms with Gasteiger partial charge in [0, 0.05) is 0 Å².